The minimum atomic E-state index is -0.677. The predicted molar refractivity (Wildman–Crippen MR) is 167 cm³/mol. The number of esters is 2. The molecule has 2 rings (SSSR count). The Morgan fingerprint density at radius 1 is 0.651 bits per heavy atom. The van der Waals surface area contributed by atoms with Crippen LogP contribution in [0.4, 0.5) is 0 Å². The van der Waals surface area contributed by atoms with E-state index in [2.05, 4.69) is 51.3 Å². The van der Waals surface area contributed by atoms with Crippen LogP contribution < -0.4 is 9.47 Å². The molecule has 8 nitrogen and oxygen atoms in total. The number of ether oxygens (including phenoxy) is 6. The topological polar surface area (TPSA) is 89.5 Å². The number of carbonyl (C=O) groups is 2. The van der Waals surface area contributed by atoms with E-state index in [0.29, 0.717) is 50.4 Å². The SMILES string of the molecule is C=C(C)C(=O)OC(CCOc1ccc(C(C)(C)c2ccc(OCCC(OCCC)OC(=O)C(=C)C)cc2)cc1)OCCC. The van der Waals surface area contributed by atoms with E-state index in [4.69, 9.17) is 28.4 Å². The lowest BCUT2D eigenvalue weighted by Crippen LogP contribution is -2.24. The highest BCUT2D eigenvalue weighted by atomic mass is 16.7. The third-order valence-electron chi connectivity index (χ3n) is 6.59. The first-order valence-electron chi connectivity index (χ1n) is 14.9. The van der Waals surface area contributed by atoms with Crippen molar-refractivity contribution < 1.29 is 38.0 Å². The van der Waals surface area contributed by atoms with Crippen LogP contribution in [0.25, 0.3) is 0 Å². The molecule has 0 saturated heterocycles. The normalized spacial score (nSPS) is 12.6. The predicted octanol–water partition coefficient (Wildman–Crippen LogP) is 7.29. The largest absolute Gasteiger partial charge is 0.493 e. The average molecular weight is 597 g/mol. The molecule has 0 aliphatic heterocycles. The van der Waals surface area contributed by atoms with Crippen LogP contribution in [-0.4, -0.2) is 50.9 Å². The quantitative estimate of drug-likeness (QED) is 0.0894. The van der Waals surface area contributed by atoms with Crippen LogP contribution in [0.5, 0.6) is 11.5 Å². The monoisotopic (exact) mass is 596 g/mol. The molecule has 43 heavy (non-hydrogen) atoms. The standard InChI is InChI=1S/C35H48O8/c1-9-21-40-31(42-33(36)25(3)4)19-23-38-29-15-11-27(12-16-29)35(7,8)28-13-17-30(18-14-28)39-24-20-32(41-22-10-2)43-34(37)26(5)6/h11-18,31-32H,3,5,9-10,19-24H2,1-2,4,6-8H3. The number of rotatable bonds is 20. The van der Waals surface area contributed by atoms with Crippen molar-refractivity contribution in [2.24, 2.45) is 0 Å². The fourth-order valence-electron chi connectivity index (χ4n) is 3.94. The zero-order valence-electron chi connectivity index (χ0n) is 26.6. The summed E-state index contributed by atoms with van der Waals surface area (Å²) < 4.78 is 33.8. The van der Waals surface area contributed by atoms with Gasteiger partial charge >= 0.3 is 11.9 Å². The van der Waals surface area contributed by atoms with Crippen molar-refractivity contribution in [3.8, 4) is 11.5 Å². The summed E-state index contributed by atoms with van der Waals surface area (Å²) >= 11 is 0. The summed E-state index contributed by atoms with van der Waals surface area (Å²) in [7, 11) is 0. The van der Waals surface area contributed by atoms with Crippen LogP contribution in [0.3, 0.4) is 0 Å². The first kappa shape index (κ1) is 35.6. The number of hydrogen-bond donors (Lipinski definition) is 0. The van der Waals surface area contributed by atoms with Crippen molar-refractivity contribution >= 4 is 11.9 Å². The molecule has 0 aliphatic rings. The van der Waals surface area contributed by atoms with E-state index in [1.807, 2.05) is 38.1 Å². The highest BCUT2D eigenvalue weighted by Gasteiger charge is 2.23. The van der Waals surface area contributed by atoms with Gasteiger partial charge in [0.2, 0.25) is 12.6 Å². The molecule has 0 aromatic heterocycles. The van der Waals surface area contributed by atoms with Gasteiger partial charge in [-0.3, -0.25) is 0 Å². The molecule has 2 unspecified atom stereocenters. The Morgan fingerprint density at radius 3 is 1.30 bits per heavy atom. The van der Waals surface area contributed by atoms with E-state index in [9.17, 15) is 9.59 Å². The molecule has 0 heterocycles. The van der Waals surface area contributed by atoms with Crippen LogP contribution in [0.1, 0.15) is 78.4 Å². The molecular formula is C35H48O8. The van der Waals surface area contributed by atoms with Gasteiger partial charge in [-0.25, -0.2) is 9.59 Å². The Balaban J connectivity index is 1.92. The summed E-state index contributed by atoms with van der Waals surface area (Å²) in [5, 5.41) is 0. The van der Waals surface area contributed by atoms with Crippen LogP contribution >= 0.6 is 0 Å². The van der Waals surface area contributed by atoms with Crippen LogP contribution in [0, 0.1) is 0 Å². The maximum Gasteiger partial charge on any atom is 0.335 e. The van der Waals surface area contributed by atoms with E-state index in [1.54, 1.807) is 13.8 Å². The smallest absolute Gasteiger partial charge is 0.335 e. The number of benzene rings is 2. The molecule has 0 bridgehead atoms. The van der Waals surface area contributed by atoms with E-state index in [-0.39, 0.29) is 5.41 Å². The highest BCUT2D eigenvalue weighted by molar-refractivity contribution is 5.87. The molecule has 0 aliphatic carbocycles. The van der Waals surface area contributed by atoms with Crippen molar-refractivity contribution in [2.75, 3.05) is 26.4 Å². The summed E-state index contributed by atoms with van der Waals surface area (Å²) in [6, 6.07) is 16.0. The van der Waals surface area contributed by atoms with Gasteiger partial charge < -0.3 is 28.4 Å². The molecule has 2 aromatic rings. The second-order valence-electron chi connectivity index (χ2n) is 10.9. The Labute approximate surface area is 257 Å². The third kappa shape index (κ3) is 12.3. The summed E-state index contributed by atoms with van der Waals surface area (Å²) in [5.74, 6) is 0.497. The van der Waals surface area contributed by atoms with E-state index in [1.165, 1.54) is 0 Å². The minimum Gasteiger partial charge on any atom is -0.493 e. The number of carbonyl (C=O) groups excluding carboxylic acids is 2. The molecule has 0 N–H and O–H groups in total. The van der Waals surface area contributed by atoms with E-state index >= 15 is 0 Å². The van der Waals surface area contributed by atoms with Gasteiger partial charge in [-0.15, -0.1) is 0 Å². The maximum atomic E-state index is 11.9. The summed E-state index contributed by atoms with van der Waals surface area (Å²) in [6.45, 7) is 20.4. The Bertz CT molecular complexity index is 1080. The first-order valence-corrected chi connectivity index (χ1v) is 14.9. The van der Waals surface area contributed by atoms with Gasteiger partial charge in [-0.1, -0.05) is 65.1 Å². The van der Waals surface area contributed by atoms with Gasteiger partial charge in [0, 0.05) is 29.4 Å². The van der Waals surface area contributed by atoms with Crippen molar-refractivity contribution in [3.63, 3.8) is 0 Å². The van der Waals surface area contributed by atoms with Crippen molar-refractivity contribution in [1.82, 2.24) is 0 Å². The highest BCUT2D eigenvalue weighted by Crippen LogP contribution is 2.33. The fraction of sp³-hybridized carbons (Fsp3) is 0.486. The zero-order valence-corrected chi connectivity index (χ0v) is 26.6. The van der Waals surface area contributed by atoms with E-state index < -0.39 is 24.5 Å². The maximum absolute atomic E-state index is 11.9. The van der Waals surface area contributed by atoms with Crippen molar-refractivity contribution in [1.29, 1.82) is 0 Å². The van der Waals surface area contributed by atoms with Gasteiger partial charge in [0.15, 0.2) is 0 Å². The van der Waals surface area contributed by atoms with Gasteiger partial charge in [-0.05, 0) is 62.1 Å². The Hall–Kier alpha value is -3.62. The molecule has 236 valence electrons. The lowest BCUT2D eigenvalue weighted by molar-refractivity contribution is -0.177. The lowest BCUT2D eigenvalue weighted by atomic mass is 9.78. The molecule has 0 fully saturated rings. The second-order valence-corrected chi connectivity index (χ2v) is 10.9. The summed E-state index contributed by atoms with van der Waals surface area (Å²) in [4.78, 5) is 23.8. The fourth-order valence-corrected chi connectivity index (χ4v) is 3.94. The van der Waals surface area contributed by atoms with Gasteiger partial charge in [0.05, 0.1) is 26.4 Å². The molecular weight excluding hydrogens is 548 g/mol. The molecule has 0 amide bonds. The van der Waals surface area contributed by atoms with Crippen LogP contribution in [0.2, 0.25) is 0 Å². The summed E-state index contributed by atoms with van der Waals surface area (Å²) in [5.41, 5.74) is 2.65. The average Bonchev–Trinajstić information content (AvgIpc) is 2.98. The molecule has 0 spiro atoms. The summed E-state index contributed by atoms with van der Waals surface area (Å²) in [6.07, 6.45) is 1.10. The second kappa shape index (κ2) is 18.1. The Morgan fingerprint density at radius 2 is 1.00 bits per heavy atom. The van der Waals surface area contributed by atoms with Crippen LogP contribution in [-0.2, 0) is 34.0 Å². The molecule has 2 atom stereocenters. The zero-order chi connectivity index (χ0) is 31.8. The Kier molecular flexibility index (Phi) is 15.0. The van der Waals surface area contributed by atoms with Crippen molar-refractivity contribution in [3.05, 3.63) is 84.0 Å². The lowest BCUT2D eigenvalue weighted by Gasteiger charge is -2.26. The molecule has 8 heteroatoms. The molecule has 2 aromatic carbocycles. The van der Waals surface area contributed by atoms with Gasteiger partial charge in [-0.2, -0.15) is 0 Å². The number of hydrogen-bond acceptors (Lipinski definition) is 8. The van der Waals surface area contributed by atoms with Crippen molar-refractivity contribution in [2.45, 2.75) is 85.2 Å². The van der Waals surface area contributed by atoms with Gasteiger partial charge in [0.25, 0.3) is 0 Å². The first-order chi connectivity index (χ1) is 20.5. The molecule has 0 saturated carbocycles. The van der Waals surface area contributed by atoms with Crippen LogP contribution in [0.15, 0.2) is 72.8 Å². The third-order valence-corrected chi connectivity index (χ3v) is 6.59. The molecule has 0 radical (unpaired) electrons. The van der Waals surface area contributed by atoms with Gasteiger partial charge in [0.1, 0.15) is 11.5 Å². The minimum absolute atomic E-state index is 0.261. The van der Waals surface area contributed by atoms with E-state index in [0.717, 1.165) is 35.5 Å².